The van der Waals surface area contributed by atoms with Gasteiger partial charge < -0.3 is 10.2 Å². The summed E-state index contributed by atoms with van der Waals surface area (Å²) in [6, 6.07) is 2.24. The number of pyridine rings is 1. The number of hydrogen-bond donors (Lipinski definition) is 1. The maximum absolute atomic E-state index is 4.60. The van der Waals surface area contributed by atoms with Gasteiger partial charge >= 0.3 is 0 Å². The predicted molar refractivity (Wildman–Crippen MR) is 79.1 cm³/mol. The van der Waals surface area contributed by atoms with Crippen LogP contribution >= 0.6 is 0 Å². The minimum absolute atomic E-state index is 0.655. The van der Waals surface area contributed by atoms with E-state index >= 15 is 0 Å². The summed E-state index contributed by atoms with van der Waals surface area (Å²) in [6.07, 6.45) is 3.16. The van der Waals surface area contributed by atoms with Crippen molar-refractivity contribution in [3.8, 4) is 0 Å². The van der Waals surface area contributed by atoms with Gasteiger partial charge in [0.2, 0.25) is 0 Å². The fourth-order valence-corrected chi connectivity index (χ4v) is 2.17. The largest absolute Gasteiger partial charge is 0.359 e. The summed E-state index contributed by atoms with van der Waals surface area (Å²) < 4.78 is 0. The molecule has 0 atom stereocenters. The van der Waals surface area contributed by atoms with Crippen LogP contribution in [0.3, 0.4) is 0 Å². The molecule has 3 nitrogen and oxygen atoms in total. The van der Waals surface area contributed by atoms with Gasteiger partial charge in [0.05, 0.1) is 0 Å². The first-order chi connectivity index (χ1) is 8.54. The molecule has 0 saturated heterocycles. The first-order valence-corrected chi connectivity index (χ1v) is 6.92. The highest BCUT2D eigenvalue weighted by Gasteiger charge is 2.08. The van der Waals surface area contributed by atoms with E-state index in [1.54, 1.807) is 0 Å². The average molecular weight is 249 g/mol. The minimum atomic E-state index is 0.655. The molecule has 0 aromatic carbocycles. The molecule has 0 bridgehead atoms. The van der Waals surface area contributed by atoms with Gasteiger partial charge in [-0.15, -0.1) is 0 Å². The molecule has 3 heteroatoms. The van der Waals surface area contributed by atoms with Gasteiger partial charge in [0.15, 0.2) is 0 Å². The van der Waals surface area contributed by atoms with Gasteiger partial charge in [-0.3, -0.25) is 0 Å². The molecule has 0 amide bonds. The van der Waals surface area contributed by atoms with Crippen LogP contribution < -0.4 is 10.2 Å². The Morgan fingerprint density at radius 1 is 1.39 bits per heavy atom. The Morgan fingerprint density at radius 2 is 2.11 bits per heavy atom. The minimum Gasteiger partial charge on any atom is -0.359 e. The van der Waals surface area contributed by atoms with Gasteiger partial charge in [-0.2, -0.15) is 0 Å². The summed E-state index contributed by atoms with van der Waals surface area (Å²) in [5.41, 5.74) is 2.52. The predicted octanol–water partition coefficient (Wildman–Crippen LogP) is 2.98. The number of aryl methyl sites for hydroxylation is 1. The number of aromatic nitrogens is 1. The lowest BCUT2D eigenvalue weighted by molar-refractivity contribution is 0.633. The Kier molecular flexibility index (Phi) is 6.13. The molecular weight excluding hydrogens is 222 g/mol. The van der Waals surface area contributed by atoms with Gasteiger partial charge in [-0.25, -0.2) is 4.98 Å². The second-order valence-corrected chi connectivity index (χ2v) is 5.44. The van der Waals surface area contributed by atoms with E-state index < -0.39 is 0 Å². The van der Waals surface area contributed by atoms with E-state index in [9.17, 15) is 0 Å². The van der Waals surface area contributed by atoms with E-state index in [0.717, 1.165) is 25.5 Å². The van der Waals surface area contributed by atoms with E-state index in [1.807, 2.05) is 6.20 Å². The zero-order valence-corrected chi connectivity index (χ0v) is 12.5. The third kappa shape index (κ3) is 4.65. The molecule has 0 radical (unpaired) electrons. The summed E-state index contributed by atoms with van der Waals surface area (Å²) in [6.45, 7) is 11.8. The second-order valence-electron chi connectivity index (χ2n) is 5.44. The maximum atomic E-state index is 4.60. The lowest BCUT2D eigenvalue weighted by atomic mass is 10.1. The molecule has 1 N–H and O–H groups in total. The molecule has 102 valence electrons. The zero-order chi connectivity index (χ0) is 13.5. The maximum Gasteiger partial charge on any atom is 0.131 e. The topological polar surface area (TPSA) is 28.2 Å². The molecule has 1 aromatic heterocycles. The summed E-state index contributed by atoms with van der Waals surface area (Å²) >= 11 is 0. The highest BCUT2D eigenvalue weighted by atomic mass is 15.2. The molecule has 1 heterocycles. The fourth-order valence-electron chi connectivity index (χ4n) is 2.17. The Morgan fingerprint density at radius 3 is 2.67 bits per heavy atom. The second kappa shape index (κ2) is 7.37. The Bertz CT molecular complexity index is 361. The van der Waals surface area contributed by atoms with Crippen molar-refractivity contribution in [2.45, 2.75) is 40.7 Å². The van der Waals surface area contributed by atoms with Crippen LogP contribution in [0.1, 0.15) is 38.3 Å². The quantitative estimate of drug-likeness (QED) is 0.753. The van der Waals surface area contributed by atoms with Crippen molar-refractivity contribution < 1.29 is 0 Å². The van der Waals surface area contributed by atoms with Crippen molar-refractivity contribution in [3.63, 3.8) is 0 Å². The molecule has 0 fully saturated rings. The smallest absolute Gasteiger partial charge is 0.131 e. The summed E-state index contributed by atoms with van der Waals surface area (Å²) in [5.74, 6) is 1.75. The number of rotatable bonds is 7. The molecule has 0 aliphatic carbocycles. The van der Waals surface area contributed by atoms with Crippen LogP contribution in [0.5, 0.6) is 0 Å². The Hall–Kier alpha value is -1.09. The molecule has 0 unspecified atom stereocenters. The van der Waals surface area contributed by atoms with Gasteiger partial charge in [0.25, 0.3) is 0 Å². The SMILES string of the molecule is CCCNCc1cnc(N(C)CC(C)C)c(C)c1. The molecule has 1 aromatic rings. The molecule has 0 aliphatic heterocycles. The van der Waals surface area contributed by atoms with Crippen LogP contribution in [0.4, 0.5) is 5.82 Å². The third-order valence-corrected chi connectivity index (χ3v) is 2.86. The van der Waals surface area contributed by atoms with Crippen molar-refractivity contribution in [2.75, 3.05) is 25.0 Å². The van der Waals surface area contributed by atoms with E-state index in [0.29, 0.717) is 5.92 Å². The van der Waals surface area contributed by atoms with Gasteiger partial charge in [-0.05, 0) is 43.0 Å². The van der Waals surface area contributed by atoms with Crippen LogP contribution in [0.25, 0.3) is 0 Å². The van der Waals surface area contributed by atoms with Crippen LogP contribution in [0.2, 0.25) is 0 Å². The van der Waals surface area contributed by atoms with E-state index in [4.69, 9.17) is 0 Å². The monoisotopic (exact) mass is 249 g/mol. The third-order valence-electron chi connectivity index (χ3n) is 2.86. The van der Waals surface area contributed by atoms with Gasteiger partial charge in [0, 0.05) is 26.3 Å². The van der Waals surface area contributed by atoms with Gasteiger partial charge in [-0.1, -0.05) is 20.8 Å². The van der Waals surface area contributed by atoms with Crippen molar-refractivity contribution in [1.29, 1.82) is 0 Å². The standard InChI is InChI=1S/C15H27N3/c1-6-7-16-9-14-8-13(4)15(17-10-14)18(5)11-12(2)3/h8,10,12,16H,6-7,9,11H2,1-5H3. The molecule has 0 saturated carbocycles. The zero-order valence-electron chi connectivity index (χ0n) is 12.5. The molecule has 0 aliphatic rings. The Labute approximate surface area is 112 Å². The van der Waals surface area contributed by atoms with Crippen molar-refractivity contribution >= 4 is 5.82 Å². The number of nitrogens with zero attached hydrogens (tertiary/aromatic N) is 2. The highest BCUT2D eigenvalue weighted by molar-refractivity contribution is 5.46. The fraction of sp³-hybridized carbons (Fsp3) is 0.667. The first-order valence-electron chi connectivity index (χ1n) is 6.92. The van der Waals surface area contributed by atoms with E-state index in [2.05, 4.69) is 56.0 Å². The average Bonchev–Trinajstić information content (AvgIpc) is 2.28. The van der Waals surface area contributed by atoms with Crippen molar-refractivity contribution in [1.82, 2.24) is 10.3 Å². The lowest BCUT2D eigenvalue weighted by Gasteiger charge is -2.22. The molecular formula is C15H27N3. The van der Waals surface area contributed by atoms with Crippen molar-refractivity contribution in [2.24, 2.45) is 5.92 Å². The van der Waals surface area contributed by atoms with Crippen LogP contribution in [-0.4, -0.2) is 25.1 Å². The Balaban J connectivity index is 2.67. The number of hydrogen-bond acceptors (Lipinski definition) is 3. The summed E-state index contributed by atoms with van der Waals surface area (Å²) in [7, 11) is 2.12. The van der Waals surface area contributed by atoms with Crippen LogP contribution in [-0.2, 0) is 6.54 Å². The molecule has 18 heavy (non-hydrogen) atoms. The van der Waals surface area contributed by atoms with Crippen LogP contribution in [0, 0.1) is 12.8 Å². The lowest BCUT2D eigenvalue weighted by Crippen LogP contribution is -2.24. The first kappa shape index (κ1) is 15.0. The summed E-state index contributed by atoms with van der Waals surface area (Å²) in [5, 5.41) is 3.41. The molecule has 1 rings (SSSR count). The summed E-state index contributed by atoms with van der Waals surface area (Å²) in [4.78, 5) is 6.84. The normalized spacial score (nSPS) is 11.0. The molecule has 0 spiro atoms. The van der Waals surface area contributed by atoms with Gasteiger partial charge in [0.1, 0.15) is 5.82 Å². The number of nitrogens with one attached hydrogen (secondary N) is 1. The highest BCUT2D eigenvalue weighted by Crippen LogP contribution is 2.17. The van der Waals surface area contributed by atoms with E-state index in [1.165, 1.54) is 17.5 Å². The number of anilines is 1. The van der Waals surface area contributed by atoms with Crippen molar-refractivity contribution in [3.05, 3.63) is 23.4 Å². The van der Waals surface area contributed by atoms with Crippen LogP contribution in [0.15, 0.2) is 12.3 Å². The van der Waals surface area contributed by atoms with E-state index in [-0.39, 0.29) is 0 Å².